The Kier molecular flexibility index (Phi) is 4.40. The number of hydrogen-bond donors (Lipinski definition) is 2. The van der Waals surface area contributed by atoms with E-state index in [-0.39, 0.29) is 11.9 Å². The van der Waals surface area contributed by atoms with Crippen LogP contribution in [0, 0.1) is 11.3 Å². The smallest absolute Gasteiger partial charge is 0.127 e. The second-order valence-electron chi connectivity index (χ2n) is 5.40. The maximum Gasteiger partial charge on any atom is 0.127 e. The Hall–Kier alpha value is -0.610. The second kappa shape index (κ2) is 5.83. The molecule has 1 aliphatic heterocycles. The standard InChI is InChI=1S/C13H25N3O/c1-2-10-4-3-5-11(8-10)16-6-7-17-12(9-16)13(14)15/h10-12H,2-9H2,1H3,(H3,14,15). The van der Waals surface area contributed by atoms with E-state index in [1.165, 1.54) is 32.1 Å². The quantitative estimate of drug-likeness (QED) is 0.581. The molecular weight excluding hydrogens is 214 g/mol. The van der Waals surface area contributed by atoms with E-state index >= 15 is 0 Å². The van der Waals surface area contributed by atoms with Gasteiger partial charge in [-0.15, -0.1) is 0 Å². The summed E-state index contributed by atoms with van der Waals surface area (Å²) in [5, 5.41) is 7.49. The van der Waals surface area contributed by atoms with Crippen LogP contribution in [0.4, 0.5) is 0 Å². The van der Waals surface area contributed by atoms with Crippen LogP contribution in [0.2, 0.25) is 0 Å². The fourth-order valence-electron chi connectivity index (χ4n) is 3.15. The summed E-state index contributed by atoms with van der Waals surface area (Å²) < 4.78 is 5.52. The van der Waals surface area contributed by atoms with Crippen molar-refractivity contribution in [3.05, 3.63) is 0 Å². The van der Waals surface area contributed by atoms with Crippen molar-refractivity contribution >= 4 is 5.84 Å². The number of morpholine rings is 1. The van der Waals surface area contributed by atoms with Crippen LogP contribution >= 0.6 is 0 Å². The molecule has 3 N–H and O–H groups in total. The number of amidine groups is 1. The molecule has 3 atom stereocenters. The van der Waals surface area contributed by atoms with Crippen LogP contribution in [0.3, 0.4) is 0 Å². The van der Waals surface area contributed by atoms with Gasteiger partial charge in [0.1, 0.15) is 11.9 Å². The summed E-state index contributed by atoms with van der Waals surface area (Å²) in [6.45, 7) is 4.84. The van der Waals surface area contributed by atoms with Crippen LogP contribution < -0.4 is 5.73 Å². The second-order valence-corrected chi connectivity index (χ2v) is 5.40. The molecule has 0 bridgehead atoms. The number of rotatable bonds is 3. The lowest BCUT2D eigenvalue weighted by atomic mass is 9.83. The molecule has 0 aromatic carbocycles. The van der Waals surface area contributed by atoms with Gasteiger partial charge >= 0.3 is 0 Å². The van der Waals surface area contributed by atoms with E-state index in [1.807, 2.05) is 0 Å². The molecule has 17 heavy (non-hydrogen) atoms. The fourth-order valence-corrected chi connectivity index (χ4v) is 3.15. The van der Waals surface area contributed by atoms with E-state index in [0.717, 1.165) is 25.6 Å². The van der Waals surface area contributed by atoms with Crippen molar-refractivity contribution < 1.29 is 4.74 Å². The first kappa shape index (κ1) is 12.8. The molecule has 1 heterocycles. The predicted octanol–water partition coefficient (Wildman–Crippen LogP) is 1.59. The van der Waals surface area contributed by atoms with Crippen molar-refractivity contribution in [3.8, 4) is 0 Å². The lowest BCUT2D eigenvalue weighted by Gasteiger charge is -2.41. The third kappa shape index (κ3) is 3.19. The lowest BCUT2D eigenvalue weighted by Crippen LogP contribution is -2.52. The Balaban J connectivity index is 1.90. The van der Waals surface area contributed by atoms with Crippen LogP contribution in [0.5, 0.6) is 0 Å². The van der Waals surface area contributed by atoms with Gasteiger partial charge in [0.05, 0.1) is 6.61 Å². The van der Waals surface area contributed by atoms with Gasteiger partial charge in [-0.1, -0.05) is 26.2 Å². The predicted molar refractivity (Wildman–Crippen MR) is 69.3 cm³/mol. The van der Waals surface area contributed by atoms with Crippen LogP contribution in [-0.4, -0.2) is 42.6 Å². The molecule has 0 aromatic rings. The third-order valence-electron chi connectivity index (χ3n) is 4.29. The van der Waals surface area contributed by atoms with E-state index in [1.54, 1.807) is 0 Å². The molecule has 0 amide bonds. The maximum absolute atomic E-state index is 7.49. The van der Waals surface area contributed by atoms with E-state index in [2.05, 4.69) is 11.8 Å². The van der Waals surface area contributed by atoms with Gasteiger partial charge in [-0.3, -0.25) is 10.3 Å². The minimum Gasteiger partial charge on any atom is -0.385 e. The van der Waals surface area contributed by atoms with Crippen molar-refractivity contribution in [3.63, 3.8) is 0 Å². The van der Waals surface area contributed by atoms with Gasteiger partial charge in [0.25, 0.3) is 0 Å². The molecule has 0 spiro atoms. The Morgan fingerprint density at radius 3 is 3.00 bits per heavy atom. The number of hydrogen-bond acceptors (Lipinski definition) is 3. The summed E-state index contributed by atoms with van der Waals surface area (Å²) in [4.78, 5) is 2.50. The third-order valence-corrected chi connectivity index (χ3v) is 4.29. The summed E-state index contributed by atoms with van der Waals surface area (Å²) in [7, 11) is 0. The summed E-state index contributed by atoms with van der Waals surface area (Å²) >= 11 is 0. The zero-order chi connectivity index (χ0) is 12.3. The molecule has 0 radical (unpaired) electrons. The van der Waals surface area contributed by atoms with Gasteiger partial charge in [-0.05, 0) is 18.8 Å². The largest absolute Gasteiger partial charge is 0.385 e. The number of nitrogens with zero attached hydrogens (tertiary/aromatic N) is 1. The molecule has 1 saturated heterocycles. The van der Waals surface area contributed by atoms with E-state index < -0.39 is 0 Å². The number of ether oxygens (including phenoxy) is 1. The first-order valence-corrected chi connectivity index (χ1v) is 6.90. The molecule has 98 valence electrons. The molecule has 1 saturated carbocycles. The average molecular weight is 239 g/mol. The highest BCUT2D eigenvalue weighted by Gasteiger charge is 2.30. The molecule has 1 aliphatic carbocycles. The Morgan fingerprint density at radius 1 is 1.47 bits per heavy atom. The van der Waals surface area contributed by atoms with Crippen molar-refractivity contribution in [2.75, 3.05) is 19.7 Å². The van der Waals surface area contributed by atoms with Crippen LogP contribution in [-0.2, 0) is 4.74 Å². The Bertz CT molecular complexity index is 269. The first-order chi connectivity index (χ1) is 8.20. The van der Waals surface area contributed by atoms with Gasteiger partial charge in [0.15, 0.2) is 0 Å². The molecule has 3 unspecified atom stereocenters. The minimum atomic E-state index is -0.175. The zero-order valence-electron chi connectivity index (χ0n) is 10.8. The molecule has 4 heteroatoms. The van der Waals surface area contributed by atoms with Gasteiger partial charge in [-0.25, -0.2) is 0 Å². The van der Waals surface area contributed by atoms with Crippen molar-refractivity contribution in [2.45, 2.75) is 51.2 Å². The van der Waals surface area contributed by atoms with E-state index in [9.17, 15) is 0 Å². The highest BCUT2D eigenvalue weighted by atomic mass is 16.5. The number of nitrogens with two attached hydrogens (primary N) is 1. The van der Waals surface area contributed by atoms with Gasteiger partial charge in [0, 0.05) is 19.1 Å². The van der Waals surface area contributed by atoms with Gasteiger partial charge in [-0.2, -0.15) is 0 Å². The zero-order valence-corrected chi connectivity index (χ0v) is 10.8. The normalized spacial score (nSPS) is 35.7. The van der Waals surface area contributed by atoms with E-state index in [4.69, 9.17) is 15.9 Å². The Labute approximate surface area is 104 Å². The van der Waals surface area contributed by atoms with Gasteiger partial charge < -0.3 is 10.5 Å². The summed E-state index contributed by atoms with van der Waals surface area (Å²) in [5.74, 6) is 1.07. The van der Waals surface area contributed by atoms with Crippen LogP contribution in [0.25, 0.3) is 0 Å². The first-order valence-electron chi connectivity index (χ1n) is 6.90. The Morgan fingerprint density at radius 2 is 2.29 bits per heavy atom. The SMILES string of the molecule is CCC1CCCC(N2CCOC(C(=N)N)C2)C1. The lowest BCUT2D eigenvalue weighted by molar-refractivity contribution is -0.0230. The maximum atomic E-state index is 7.49. The van der Waals surface area contributed by atoms with Crippen molar-refractivity contribution in [1.29, 1.82) is 5.41 Å². The monoisotopic (exact) mass is 239 g/mol. The highest BCUT2D eigenvalue weighted by Crippen LogP contribution is 2.30. The number of nitrogens with one attached hydrogen (secondary N) is 1. The molecular formula is C13H25N3O. The minimum absolute atomic E-state index is 0.175. The van der Waals surface area contributed by atoms with E-state index in [0.29, 0.717) is 6.04 Å². The fraction of sp³-hybridized carbons (Fsp3) is 0.923. The van der Waals surface area contributed by atoms with Crippen LogP contribution in [0.1, 0.15) is 39.0 Å². The van der Waals surface area contributed by atoms with Crippen molar-refractivity contribution in [2.24, 2.45) is 11.7 Å². The van der Waals surface area contributed by atoms with Crippen LogP contribution in [0.15, 0.2) is 0 Å². The highest BCUT2D eigenvalue weighted by molar-refractivity contribution is 5.82. The average Bonchev–Trinajstić information content (AvgIpc) is 2.39. The summed E-state index contributed by atoms with van der Waals surface area (Å²) in [6, 6.07) is 0.694. The summed E-state index contributed by atoms with van der Waals surface area (Å²) in [6.07, 6.45) is 6.50. The molecule has 0 aromatic heterocycles. The molecule has 2 rings (SSSR count). The topological polar surface area (TPSA) is 62.3 Å². The molecule has 2 fully saturated rings. The van der Waals surface area contributed by atoms with Crippen molar-refractivity contribution in [1.82, 2.24) is 4.90 Å². The molecule has 4 nitrogen and oxygen atoms in total. The molecule has 2 aliphatic rings. The van der Waals surface area contributed by atoms with Gasteiger partial charge in [0.2, 0.25) is 0 Å². The summed E-state index contributed by atoms with van der Waals surface area (Å²) in [5.41, 5.74) is 5.54.